The van der Waals surface area contributed by atoms with Gasteiger partial charge in [0.05, 0.1) is 34.4 Å². The number of benzene rings is 1. The van der Waals surface area contributed by atoms with Crippen molar-refractivity contribution in [3.63, 3.8) is 0 Å². The second-order valence-electron chi connectivity index (χ2n) is 7.81. The van der Waals surface area contributed by atoms with Crippen LogP contribution in [-0.4, -0.2) is 47.7 Å². The minimum atomic E-state index is -3.19. The molecule has 1 N–H and O–H groups in total. The molecule has 0 spiro atoms. The van der Waals surface area contributed by atoms with Gasteiger partial charge in [0.25, 0.3) is 0 Å². The van der Waals surface area contributed by atoms with Crippen molar-refractivity contribution in [3.8, 4) is 11.1 Å². The molecule has 162 valence electrons. The van der Waals surface area contributed by atoms with Gasteiger partial charge in [0, 0.05) is 44.0 Å². The molecule has 0 aliphatic carbocycles. The standard InChI is InChI=1S/C21H23N5O3S2/c1-3-31(28,29)25-7-6-18-16(12-25)13-26(23-18)17-8-15(10-22-11-17)14-4-5-19-20(9-14)30-21(27)24(19)2/h4-5,8-11,23H,3,6-7,12-13H2,1-2H3. The lowest BCUT2D eigenvalue weighted by molar-refractivity contribution is 0.421. The topological polar surface area (TPSA) is 87.5 Å². The number of nitrogens with one attached hydrogen (secondary N) is 1. The molecule has 2 aromatic heterocycles. The highest BCUT2D eigenvalue weighted by Crippen LogP contribution is 2.31. The molecule has 31 heavy (non-hydrogen) atoms. The van der Waals surface area contributed by atoms with Crippen molar-refractivity contribution in [2.24, 2.45) is 7.05 Å². The maximum atomic E-state index is 12.3. The normalized spacial score (nSPS) is 17.3. The lowest BCUT2D eigenvalue weighted by atomic mass is 10.1. The summed E-state index contributed by atoms with van der Waals surface area (Å²) in [6, 6.07) is 8.05. The van der Waals surface area contributed by atoms with Crippen LogP contribution in [0, 0.1) is 0 Å². The van der Waals surface area contributed by atoms with E-state index in [-0.39, 0.29) is 10.6 Å². The zero-order valence-corrected chi connectivity index (χ0v) is 19.0. The van der Waals surface area contributed by atoms with Gasteiger partial charge in [0.15, 0.2) is 0 Å². The Kier molecular flexibility index (Phi) is 4.87. The molecule has 4 heterocycles. The van der Waals surface area contributed by atoms with Crippen molar-refractivity contribution in [3.05, 3.63) is 57.6 Å². The zero-order valence-electron chi connectivity index (χ0n) is 17.3. The number of fused-ring (bicyclic) bond motifs is 1. The molecular weight excluding hydrogens is 434 g/mol. The number of nitrogens with zero attached hydrogens (tertiary/aromatic N) is 4. The number of anilines is 1. The first-order chi connectivity index (χ1) is 14.9. The number of sulfonamides is 1. The Morgan fingerprint density at radius 2 is 2.00 bits per heavy atom. The van der Waals surface area contributed by atoms with Crippen molar-refractivity contribution in [1.82, 2.24) is 19.3 Å². The van der Waals surface area contributed by atoms with Gasteiger partial charge < -0.3 is 9.99 Å². The van der Waals surface area contributed by atoms with E-state index in [1.807, 2.05) is 29.4 Å². The van der Waals surface area contributed by atoms with Crippen LogP contribution in [0.1, 0.15) is 13.3 Å². The highest BCUT2D eigenvalue weighted by atomic mass is 32.2. The van der Waals surface area contributed by atoms with Gasteiger partial charge in [-0.2, -0.15) is 4.31 Å². The van der Waals surface area contributed by atoms with Crippen LogP contribution in [0.5, 0.6) is 0 Å². The Labute approximate surface area is 184 Å². The SMILES string of the molecule is CCS(=O)(=O)N1CCC2=C(CN(c3cncc(-c4ccc5c(c4)sc(=O)n5C)c3)N2)C1. The lowest BCUT2D eigenvalue weighted by Gasteiger charge is -2.26. The van der Waals surface area contributed by atoms with Gasteiger partial charge in [-0.15, -0.1) is 0 Å². The monoisotopic (exact) mass is 457 g/mol. The van der Waals surface area contributed by atoms with E-state index in [2.05, 4.69) is 16.5 Å². The van der Waals surface area contributed by atoms with Crippen molar-refractivity contribution in [2.45, 2.75) is 13.3 Å². The summed E-state index contributed by atoms with van der Waals surface area (Å²) < 4.78 is 28.7. The molecule has 3 aromatic rings. The van der Waals surface area contributed by atoms with Gasteiger partial charge >= 0.3 is 4.87 Å². The van der Waals surface area contributed by atoms with Crippen LogP contribution in [-0.2, 0) is 17.1 Å². The van der Waals surface area contributed by atoms with E-state index in [0.29, 0.717) is 26.1 Å². The summed E-state index contributed by atoms with van der Waals surface area (Å²) in [5.74, 6) is 0.124. The highest BCUT2D eigenvalue weighted by molar-refractivity contribution is 7.89. The summed E-state index contributed by atoms with van der Waals surface area (Å²) in [6.45, 7) is 3.25. The van der Waals surface area contributed by atoms with E-state index >= 15 is 0 Å². The number of pyridine rings is 1. The Bertz CT molecular complexity index is 1370. The molecule has 10 heteroatoms. The lowest BCUT2D eigenvalue weighted by Crippen LogP contribution is -2.38. The van der Waals surface area contributed by atoms with Crippen LogP contribution in [0.25, 0.3) is 21.3 Å². The molecule has 8 nitrogen and oxygen atoms in total. The second kappa shape index (κ2) is 7.47. The predicted octanol–water partition coefficient (Wildman–Crippen LogP) is 2.30. The molecule has 0 unspecified atom stereocenters. The van der Waals surface area contributed by atoms with Gasteiger partial charge in [-0.3, -0.25) is 14.8 Å². The van der Waals surface area contributed by atoms with Crippen LogP contribution >= 0.6 is 11.3 Å². The molecule has 0 amide bonds. The van der Waals surface area contributed by atoms with E-state index in [0.717, 1.165) is 38.3 Å². The van der Waals surface area contributed by atoms with E-state index in [1.165, 1.54) is 11.3 Å². The maximum absolute atomic E-state index is 12.3. The molecule has 5 rings (SSSR count). The number of thiazole rings is 1. The van der Waals surface area contributed by atoms with Crippen LogP contribution in [0.4, 0.5) is 5.69 Å². The summed E-state index contributed by atoms with van der Waals surface area (Å²) >= 11 is 1.24. The summed E-state index contributed by atoms with van der Waals surface area (Å²) in [4.78, 5) is 16.4. The number of rotatable bonds is 4. The summed E-state index contributed by atoms with van der Waals surface area (Å²) in [7, 11) is -1.41. The first-order valence-electron chi connectivity index (χ1n) is 10.1. The fourth-order valence-corrected chi connectivity index (χ4v) is 6.10. The summed E-state index contributed by atoms with van der Waals surface area (Å²) in [5, 5.41) is 2.02. The average Bonchev–Trinajstić information content (AvgIpc) is 3.33. The van der Waals surface area contributed by atoms with Crippen LogP contribution in [0.15, 0.2) is 52.7 Å². The molecule has 1 aromatic carbocycles. The Morgan fingerprint density at radius 1 is 1.16 bits per heavy atom. The third kappa shape index (κ3) is 3.54. The Morgan fingerprint density at radius 3 is 2.81 bits per heavy atom. The van der Waals surface area contributed by atoms with Gasteiger partial charge in [-0.05, 0) is 36.3 Å². The quantitative estimate of drug-likeness (QED) is 0.647. The predicted molar refractivity (Wildman–Crippen MR) is 123 cm³/mol. The van der Waals surface area contributed by atoms with Crippen molar-refractivity contribution in [2.75, 3.05) is 30.4 Å². The molecule has 0 fully saturated rings. The first kappa shape index (κ1) is 20.2. The smallest absolute Gasteiger partial charge is 0.302 e. The number of aromatic nitrogens is 2. The van der Waals surface area contributed by atoms with Crippen LogP contribution in [0.2, 0.25) is 0 Å². The highest BCUT2D eigenvalue weighted by Gasteiger charge is 2.32. The first-order valence-corrected chi connectivity index (χ1v) is 12.6. The van der Waals surface area contributed by atoms with Crippen molar-refractivity contribution >= 4 is 37.3 Å². The number of hydrogen-bond donors (Lipinski definition) is 1. The maximum Gasteiger partial charge on any atom is 0.307 e. The van der Waals surface area contributed by atoms with E-state index in [9.17, 15) is 13.2 Å². The fraction of sp³-hybridized carbons (Fsp3) is 0.333. The third-order valence-electron chi connectivity index (χ3n) is 5.94. The third-order valence-corrected chi connectivity index (χ3v) is 8.77. The van der Waals surface area contributed by atoms with Gasteiger partial charge in [0.1, 0.15) is 0 Å². The van der Waals surface area contributed by atoms with Gasteiger partial charge in [0.2, 0.25) is 10.0 Å². The number of hydrogen-bond acceptors (Lipinski definition) is 7. The summed E-state index contributed by atoms with van der Waals surface area (Å²) in [5.41, 5.74) is 9.43. The molecule has 0 radical (unpaired) electrons. The number of hydrazine groups is 1. The second-order valence-corrected chi connectivity index (χ2v) is 11.1. The fourth-order valence-electron chi connectivity index (χ4n) is 4.10. The van der Waals surface area contributed by atoms with Gasteiger partial charge in [-0.25, -0.2) is 8.42 Å². The molecule has 0 saturated carbocycles. The Balaban J connectivity index is 1.39. The van der Waals surface area contributed by atoms with Crippen molar-refractivity contribution < 1.29 is 8.42 Å². The van der Waals surface area contributed by atoms with Crippen LogP contribution in [0.3, 0.4) is 0 Å². The van der Waals surface area contributed by atoms with E-state index in [1.54, 1.807) is 29.0 Å². The number of aryl methyl sites for hydroxylation is 1. The molecule has 0 bridgehead atoms. The van der Waals surface area contributed by atoms with Gasteiger partial charge in [-0.1, -0.05) is 17.4 Å². The Hall–Kier alpha value is -2.69. The molecular formula is C21H23N5O3S2. The van der Waals surface area contributed by atoms with E-state index in [4.69, 9.17) is 0 Å². The molecule has 2 aliphatic heterocycles. The largest absolute Gasteiger partial charge is 0.307 e. The minimum absolute atomic E-state index is 0.0241. The van der Waals surface area contributed by atoms with Crippen LogP contribution < -0.4 is 15.3 Å². The molecule has 0 saturated heterocycles. The average molecular weight is 458 g/mol. The summed E-state index contributed by atoms with van der Waals surface area (Å²) in [6.07, 6.45) is 4.30. The zero-order chi connectivity index (χ0) is 21.8. The van der Waals surface area contributed by atoms with E-state index < -0.39 is 10.0 Å². The molecule has 0 atom stereocenters. The minimum Gasteiger partial charge on any atom is -0.302 e. The molecule has 2 aliphatic rings. The van der Waals surface area contributed by atoms with Crippen molar-refractivity contribution in [1.29, 1.82) is 0 Å².